The molecular formula is C23H24N8O2. The van der Waals surface area contributed by atoms with Crippen molar-refractivity contribution in [2.24, 2.45) is 0 Å². The zero-order chi connectivity index (χ0) is 23.2. The van der Waals surface area contributed by atoms with Gasteiger partial charge in [0, 0.05) is 25.2 Å². The molecular weight excluding hydrogens is 420 g/mol. The minimum Gasteiger partial charge on any atom is -0.497 e. The van der Waals surface area contributed by atoms with Crippen LogP contribution in [-0.2, 0) is 19.6 Å². The molecule has 0 saturated heterocycles. The molecule has 2 aromatic carbocycles. The maximum atomic E-state index is 12.4. The van der Waals surface area contributed by atoms with Gasteiger partial charge in [0.15, 0.2) is 17.0 Å². The van der Waals surface area contributed by atoms with Gasteiger partial charge in [-0.05, 0) is 35.4 Å². The Morgan fingerprint density at radius 2 is 1.61 bits per heavy atom. The molecule has 6 N–H and O–H groups in total. The Labute approximate surface area is 190 Å². The van der Waals surface area contributed by atoms with Gasteiger partial charge in [-0.1, -0.05) is 24.3 Å². The number of amides is 1. The van der Waals surface area contributed by atoms with Crippen LogP contribution in [0.4, 0.5) is 11.8 Å². The summed E-state index contributed by atoms with van der Waals surface area (Å²) in [5.74, 6) is 0.924. The number of nitrogen functional groups attached to an aromatic ring is 2. The van der Waals surface area contributed by atoms with E-state index < -0.39 is 0 Å². The van der Waals surface area contributed by atoms with Crippen molar-refractivity contribution in [2.75, 3.05) is 18.6 Å². The quantitative estimate of drug-likeness (QED) is 0.318. The Balaban J connectivity index is 1.28. The second-order valence-electron chi connectivity index (χ2n) is 7.33. The molecule has 4 rings (SSSR count). The predicted octanol–water partition coefficient (Wildman–Crippen LogP) is 1.81. The molecule has 33 heavy (non-hydrogen) atoms. The predicted molar refractivity (Wildman–Crippen MR) is 125 cm³/mol. The summed E-state index contributed by atoms with van der Waals surface area (Å²) in [5.41, 5.74) is 15.6. The van der Waals surface area contributed by atoms with E-state index in [-0.39, 0.29) is 17.7 Å². The molecule has 0 saturated carbocycles. The molecule has 0 aliphatic carbocycles. The van der Waals surface area contributed by atoms with Crippen molar-refractivity contribution in [3.8, 4) is 5.75 Å². The van der Waals surface area contributed by atoms with E-state index in [4.69, 9.17) is 16.2 Å². The summed E-state index contributed by atoms with van der Waals surface area (Å²) in [7, 11) is 1.62. The van der Waals surface area contributed by atoms with Crippen LogP contribution in [0.5, 0.6) is 5.75 Å². The average Bonchev–Trinajstić information content (AvgIpc) is 2.83. The van der Waals surface area contributed by atoms with Crippen LogP contribution in [0.2, 0.25) is 0 Å². The summed E-state index contributed by atoms with van der Waals surface area (Å²) in [4.78, 5) is 29.0. The number of nitrogens with zero attached hydrogens (tertiary/aromatic N) is 4. The lowest BCUT2D eigenvalue weighted by atomic mass is 10.1. The summed E-state index contributed by atoms with van der Waals surface area (Å²) >= 11 is 0. The van der Waals surface area contributed by atoms with E-state index in [1.54, 1.807) is 25.4 Å². The van der Waals surface area contributed by atoms with Gasteiger partial charge in [0.05, 0.1) is 19.0 Å². The topological polar surface area (TPSA) is 154 Å². The second kappa shape index (κ2) is 9.88. The molecule has 0 aliphatic rings. The Morgan fingerprint density at radius 1 is 0.909 bits per heavy atom. The molecule has 0 atom stereocenters. The summed E-state index contributed by atoms with van der Waals surface area (Å²) in [6, 6.07) is 15.0. The number of methoxy groups -OCH3 is 1. The van der Waals surface area contributed by atoms with E-state index >= 15 is 0 Å². The van der Waals surface area contributed by atoms with Gasteiger partial charge in [-0.3, -0.25) is 4.79 Å². The number of carbonyl (C=O) groups is 1. The highest BCUT2D eigenvalue weighted by atomic mass is 16.5. The van der Waals surface area contributed by atoms with Crippen LogP contribution < -0.4 is 26.8 Å². The van der Waals surface area contributed by atoms with Crippen molar-refractivity contribution < 1.29 is 9.53 Å². The summed E-state index contributed by atoms with van der Waals surface area (Å²) in [6.07, 6.45) is 1.62. The fraction of sp³-hybridized carbons (Fsp3) is 0.174. The van der Waals surface area contributed by atoms with Gasteiger partial charge in [-0.15, -0.1) is 0 Å². The number of rotatable bonds is 8. The van der Waals surface area contributed by atoms with Gasteiger partial charge in [-0.2, -0.15) is 9.97 Å². The zero-order valence-corrected chi connectivity index (χ0v) is 18.1. The Hall–Kier alpha value is -4.31. The third kappa shape index (κ3) is 5.49. The first kappa shape index (κ1) is 21.9. The average molecular weight is 444 g/mol. The second-order valence-corrected chi connectivity index (χ2v) is 7.33. The minimum absolute atomic E-state index is 0.0676. The van der Waals surface area contributed by atoms with E-state index in [1.807, 2.05) is 36.4 Å². The van der Waals surface area contributed by atoms with Gasteiger partial charge in [0.1, 0.15) is 5.75 Å². The first-order valence-electron chi connectivity index (χ1n) is 10.3. The van der Waals surface area contributed by atoms with Crippen LogP contribution in [0.15, 0.2) is 54.7 Å². The van der Waals surface area contributed by atoms with Gasteiger partial charge >= 0.3 is 0 Å². The van der Waals surface area contributed by atoms with Gasteiger partial charge < -0.3 is 26.8 Å². The maximum Gasteiger partial charge on any atom is 0.251 e. The fourth-order valence-corrected chi connectivity index (χ4v) is 3.20. The molecule has 0 radical (unpaired) electrons. The molecule has 4 aromatic rings. The highest BCUT2D eigenvalue weighted by Gasteiger charge is 2.08. The van der Waals surface area contributed by atoms with Crippen LogP contribution in [0.25, 0.3) is 11.2 Å². The number of nitrogens with one attached hydrogen (secondary N) is 2. The highest BCUT2D eigenvalue weighted by molar-refractivity contribution is 5.94. The number of carbonyl (C=O) groups excluding carboxylic acids is 1. The highest BCUT2D eigenvalue weighted by Crippen LogP contribution is 2.15. The van der Waals surface area contributed by atoms with E-state index in [1.165, 1.54) is 0 Å². The summed E-state index contributed by atoms with van der Waals surface area (Å²) in [6.45, 7) is 1.53. The van der Waals surface area contributed by atoms with Crippen molar-refractivity contribution in [3.63, 3.8) is 0 Å². The normalized spacial score (nSPS) is 10.8. The number of ether oxygens (including phenoxy) is 1. The fourth-order valence-electron chi connectivity index (χ4n) is 3.20. The lowest BCUT2D eigenvalue weighted by Crippen LogP contribution is -2.22. The first-order chi connectivity index (χ1) is 16.0. The van der Waals surface area contributed by atoms with Crippen LogP contribution in [0.1, 0.15) is 27.2 Å². The van der Waals surface area contributed by atoms with Crippen molar-refractivity contribution >= 4 is 28.8 Å². The van der Waals surface area contributed by atoms with Crippen LogP contribution in [-0.4, -0.2) is 33.0 Å². The number of fused-ring (bicyclic) bond motifs is 1. The number of benzene rings is 2. The zero-order valence-electron chi connectivity index (χ0n) is 18.1. The summed E-state index contributed by atoms with van der Waals surface area (Å²) in [5, 5.41) is 6.22. The van der Waals surface area contributed by atoms with Gasteiger partial charge in [-0.25, -0.2) is 9.97 Å². The number of anilines is 2. The smallest absolute Gasteiger partial charge is 0.251 e. The SMILES string of the molecule is COc1ccc(CNC(=O)c2ccc(CNCc3cnc4nc(N)nc(N)c4n3)cc2)cc1. The monoisotopic (exact) mass is 444 g/mol. The van der Waals surface area contributed by atoms with E-state index in [0.717, 1.165) is 16.9 Å². The van der Waals surface area contributed by atoms with Crippen LogP contribution in [0, 0.1) is 0 Å². The molecule has 168 valence electrons. The minimum atomic E-state index is -0.128. The van der Waals surface area contributed by atoms with Crippen LogP contribution >= 0.6 is 0 Å². The molecule has 0 fully saturated rings. The molecule has 1 amide bonds. The van der Waals surface area contributed by atoms with Crippen molar-refractivity contribution in [2.45, 2.75) is 19.6 Å². The third-order valence-corrected chi connectivity index (χ3v) is 4.96. The van der Waals surface area contributed by atoms with Crippen molar-refractivity contribution in [1.82, 2.24) is 30.6 Å². The molecule has 2 aromatic heterocycles. The summed E-state index contributed by atoms with van der Waals surface area (Å²) < 4.78 is 5.14. The lowest BCUT2D eigenvalue weighted by Gasteiger charge is -2.08. The molecule has 0 aliphatic heterocycles. The number of hydrogen-bond acceptors (Lipinski definition) is 9. The number of nitrogens with two attached hydrogens (primary N) is 2. The standard InChI is InChI=1S/C23H24N8O2/c1-33-18-8-4-15(5-9-18)11-28-22(32)16-6-2-14(3-7-16)10-26-12-17-13-27-21-19(29-17)20(24)30-23(25)31-21/h2-9,13,26H,10-12H2,1H3,(H,28,32)(H4,24,25,27,30,31). The molecule has 2 heterocycles. The Bertz CT molecular complexity index is 1260. The lowest BCUT2D eigenvalue weighted by molar-refractivity contribution is 0.0951. The number of hydrogen-bond donors (Lipinski definition) is 4. The molecule has 0 unspecified atom stereocenters. The Kier molecular flexibility index (Phi) is 6.56. The first-order valence-corrected chi connectivity index (χ1v) is 10.3. The van der Waals surface area contributed by atoms with Gasteiger partial charge in [0.25, 0.3) is 5.91 Å². The maximum absolute atomic E-state index is 12.4. The van der Waals surface area contributed by atoms with E-state index in [2.05, 4.69) is 30.6 Å². The third-order valence-electron chi connectivity index (χ3n) is 4.96. The van der Waals surface area contributed by atoms with Crippen molar-refractivity contribution in [3.05, 3.63) is 77.1 Å². The molecule has 0 spiro atoms. The van der Waals surface area contributed by atoms with E-state index in [0.29, 0.717) is 42.1 Å². The molecule has 10 heteroatoms. The van der Waals surface area contributed by atoms with Gasteiger partial charge in [0.2, 0.25) is 5.95 Å². The molecule has 0 bridgehead atoms. The van der Waals surface area contributed by atoms with Crippen molar-refractivity contribution in [1.29, 1.82) is 0 Å². The largest absolute Gasteiger partial charge is 0.497 e. The molecule has 10 nitrogen and oxygen atoms in total. The number of aromatic nitrogens is 4. The van der Waals surface area contributed by atoms with E-state index in [9.17, 15) is 4.79 Å². The Morgan fingerprint density at radius 3 is 2.33 bits per heavy atom. The van der Waals surface area contributed by atoms with Crippen LogP contribution in [0.3, 0.4) is 0 Å².